The molecule has 0 fully saturated rings. The molecule has 0 spiro atoms. The molecule has 6 nitrogen and oxygen atoms in total. The second-order valence-electron chi connectivity index (χ2n) is 8.18. The van der Waals surface area contributed by atoms with Crippen molar-refractivity contribution in [1.29, 1.82) is 0 Å². The molecule has 5 aromatic rings. The summed E-state index contributed by atoms with van der Waals surface area (Å²) in [5.74, 6) is -0.701. The van der Waals surface area contributed by atoms with Crippen LogP contribution in [0.2, 0.25) is 0 Å². The smallest absolute Gasteiger partial charge is 0.287 e. The zero-order valence-electron chi connectivity index (χ0n) is 18.7. The molecule has 0 aliphatic rings. The van der Waals surface area contributed by atoms with Crippen LogP contribution in [0.4, 0.5) is 0 Å². The normalized spacial score (nSPS) is 12.5. The number of amides is 1. The van der Waals surface area contributed by atoms with E-state index in [4.69, 9.17) is 4.42 Å². The Balaban J connectivity index is 1.39. The number of hydrogen-bond donors (Lipinski definition) is 2. The van der Waals surface area contributed by atoms with E-state index in [1.807, 2.05) is 54.7 Å². The van der Waals surface area contributed by atoms with E-state index in [0.717, 1.165) is 31.0 Å². The molecule has 9 heteroatoms. The fraction of sp³-hybridized carbons (Fsp3) is 0.0741. The number of aromatic amines is 1. The van der Waals surface area contributed by atoms with Crippen molar-refractivity contribution >= 4 is 58.5 Å². The summed E-state index contributed by atoms with van der Waals surface area (Å²) >= 11 is 6.77. The van der Waals surface area contributed by atoms with Gasteiger partial charge in [0.25, 0.3) is 5.91 Å². The Morgan fingerprint density at radius 2 is 1.56 bits per heavy atom. The van der Waals surface area contributed by atoms with E-state index in [-0.39, 0.29) is 28.2 Å². The Morgan fingerprint density at radius 1 is 0.889 bits per heavy atom. The summed E-state index contributed by atoms with van der Waals surface area (Å²) < 4.78 is 33.0. The van der Waals surface area contributed by atoms with Gasteiger partial charge in [-0.1, -0.05) is 62.2 Å². The van der Waals surface area contributed by atoms with Crippen molar-refractivity contribution < 1.29 is 17.6 Å². The monoisotopic (exact) mass is 626 g/mol. The number of H-pyrrole nitrogens is 1. The van der Waals surface area contributed by atoms with Gasteiger partial charge < -0.3 is 14.7 Å². The van der Waals surface area contributed by atoms with Gasteiger partial charge in [-0.05, 0) is 65.7 Å². The predicted molar refractivity (Wildman–Crippen MR) is 145 cm³/mol. The summed E-state index contributed by atoms with van der Waals surface area (Å²) in [6.07, 6.45) is 1.96. The summed E-state index contributed by atoms with van der Waals surface area (Å²) in [4.78, 5) is 16.4. The highest BCUT2D eigenvalue weighted by atomic mass is 79.9. The molecule has 0 saturated carbocycles. The molecule has 0 radical (unpaired) electrons. The van der Waals surface area contributed by atoms with E-state index in [9.17, 15) is 13.2 Å². The lowest BCUT2D eigenvalue weighted by molar-refractivity contribution is 0.0919. The van der Waals surface area contributed by atoms with Crippen LogP contribution in [0.15, 0.2) is 114 Å². The van der Waals surface area contributed by atoms with Gasteiger partial charge in [0.1, 0.15) is 0 Å². The standard InChI is InChI=1S/C27H20Br2N2O4S/c28-18-7-5-17(6-8-18)22(23-16-30-24-4-2-1-3-21(23)24)15-31-27(32)25-13-14-26(35-25)36(33,34)20-11-9-19(29)10-12-20/h1-14,16,22,30H,15H2,(H,31,32). The second-order valence-corrected chi connectivity index (χ2v) is 11.9. The molecule has 2 N–H and O–H groups in total. The topological polar surface area (TPSA) is 92.2 Å². The Morgan fingerprint density at radius 3 is 2.28 bits per heavy atom. The number of carbonyl (C=O) groups excluding carboxylic acids is 1. The summed E-state index contributed by atoms with van der Waals surface area (Å²) in [6, 6.07) is 24.9. The molecule has 2 aromatic heterocycles. The number of fused-ring (bicyclic) bond motifs is 1. The average Bonchev–Trinajstić information content (AvgIpc) is 3.54. The van der Waals surface area contributed by atoms with Crippen molar-refractivity contribution in [3.63, 3.8) is 0 Å². The minimum absolute atomic E-state index is 0.0702. The SMILES string of the molecule is O=C(NCC(c1ccc(Br)cc1)c1c[nH]c2ccccc12)c1ccc(S(=O)(=O)c2ccc(Br)cc2)o1. The maximum atomic E-state index is 13.0. The van der Waals surface area contributed by atoms with Crippen molar-refractivity contribution in [2.24, 2.45) is 0 Å². The van der Waals surface area contributed by atoms with Crippen molar-refractivity contribution in [1.82, 2.24) is 10.3 Å². The van der Waals surface area contributed by atoms with Crippen molar-refractivity contribution in [2.45, 2.75) is 15.9 Å². The number of hydrogen-bond acceptors (Lipinski definition) is 4. The minimum Gasteiger partial charge on any atom is -0.439 e. The summed E-state index contributed by atoms with van der Waals surface area (Å²) in [5, 5.41) is 3.71. The number of carbonyl (C=O) groups is 1. The van der Waals surface area contributed by atoms with Gasteiger partial charge in [0.2, 0.25) is 14.9 Å². The molecule has 0 bridgehead atoms. The van der Waals surface area contributed by atoms with Gasteiger partial charge in [-0.3, -0.25) is 4.79 Å². The highest BCUT2D eigenvalue weighted by Crippen LogP contribution is 2.31. The van der Waals surface area contributed by atoms with E-state index in [1.54, 1.807) is 12.1 Å². The van der Waals surface area contributed by atoms with Crippen LogP contribution in [0.1, 0.15) is 27.6 Å². The zero-order valence-corrected chi connectivity index (χ0v) is 22.7. The molecule has 36 heavy (non-hydrogen) atoms. The molecular formula is C27H20Br2N2O4S. The van der Waals surface area contributed by atoms with Crippen LogP contribution in [-0.2, 0) is 9.84 Å². The molecule has 5 rings (SSSR count). The summed E-state index contributed by atoms with van der Waals surface area (Å²) in [6.45, 7) is 0.289. The molecule has 182 valence electrons. The van der Waals surface area contributed by atoms with Gasteiger partial charge in [0, 0.05) is 38.5 Å². The van der Waals surface area contributed by atoms with E-state index in [1.165, 1.54) is 24.3 Å². The number of sulfone groups is 1. The summed E-state index contributed by atoms with van der Waals surface area (Å²) in [7, 11) is -3.88. The fourth-order valence-electron chi connectivity index (χ4n) is 4.08. The molecule has 0 saturated heterocycles. The first kappa shape index (κ1) is 24.5. The number of furan rings is 1. The van der Waals surface area contributed by atoms with E-state index >= 15 is 0 Å². The molecule has 2 heterocycles. The number of nitrogens with one attached hydrogen (secondary N) is 2. The van der Waals surface area contributed by atoms with Crippen molar-refractivity contribution in [3.05, 3.63) is 117 Å². The van der Waals surface area contributed by atoms with Gasteiger partial charge in [0.15, 0.2) is 5.76 Å². The van der Waals surface area contributed by atoms with Crippen LogP contribution < -0.4 is 5.32 Å². The number of aromatic nitrogens is 1. The highest BCUT2D eigenvalue weighted by molar-refractivity contribution is 9.10. The largest absolute Gasteiger partial charge is 0.439 e. The Hall–Kier alpha value is -3.14. The van der Waals surface area contributed by atoms with Crippen LogP contribution in [0.5, 0.6) is 0 Å². The molecule has 1 amide bonds. The van der Waals surface area contributed by atoms with Crippen LogP contribution in [-0.4, -0.2) is 25.9 Å². The van der Waals surface area contributed by atoms with Gasteiger partial charge in [-0.15, -0.1) is 0 Å². The lowest BCUT2D eigenvalue weighted by atomic mass is 9.91. The Labute approximate surface area is 224 Å². The molecule has 3 aromatic carbocycles. The van der Waals surface area contributed by atoms with Crippen molar-refractivity contribution in [2.75, 3.05) is 6.54 Å². The predicted octanol–water partition coefficient (Wildman–Crippen LogP) is 6.68. The molecule has 0 aliphatic carbocycles. The van der Waals surface area contributed by atoms with Crippen LogP contribution in [0.3, 0.4) is 0 Å². The maximum absolute atomic E-state index is 13.0. The highest BCUT2D eigenvalue weighted by Gasteiger charge is 2.25. The van der Waals surface area contributed by atoms with Gasteiger partial charge in [-0.2, -0.15) is 0 Å². The van der Waals surface area contributed by atoms with E-state index < -0.39 is 15.7 Å². The lowest BCUT2D eigenvalue weighted by Crippen LogP contribution is -2.28. The summed E-state index contributed by atoms with van der Waals surface area (Å²) in [5.41, 5.74) is 3.09. The molecule has 0 aliphatic heterocycles. The molecular weight excluding hydrogens is 608 g/mol. The lowest BCUT2D eigenvalue weighted by Gasteiger charge is -2.18. The number of benzene rings is 3. The van der Waals surface area contributed by atoms with E-state index in [2.05, 4.69) is 42.2 Å². The Bertz CT molecular complexity index is 1640. The minimum atomic E-state index is -3.88. The van der Waals surface area contributed by atoms with Gasteiger partial charge >= 0.3 is 0 Å². The second kappa shape index (κ2) is 10.1. The Kier molecular flexibility index (Phi) is 6.87. The van der Waals surface area contributed by atoms with Crippen LogP contribution in [0.25, 0.3) is 10.9 Å². The third-order valence-electron chi connectivity index (χ3n) is 5.93. The zero-order chi connectivity index (χ0) is 25.3. The average molecular weight is 628 g/mol. The third-order valence-corrected chi connectivity index (χ3v) is 8.63. The number of para-hydroxylation sites is 1. The number of halogens is 2. The molecule has 1 unspecified atom stereocenters. The first-order chi connectivity index (χ1) is 17.3. The first-order valence-electron chi connectivity index (χ1n) is 11.0. The van der Waals surface area contributed by atoms with Crippen LogP contribution >= 0.6 is 31.9 Å². The fourth-order valence-corrected chi connectivity index (χ4v) is 5.79. The number of rotatable bonds is 7. The first-order valence-corrected chi connectivity index (χ1v) is 14.1. The van der Waals surface area contributed by atoms with Crippen molar-refractivity contribution in [3.8, 4) is 0 Å². The third kappa shape index (κ3) is 4.91. The van der Waals surface area contributed by atoms with Gasteiger partial charge in [0.05, 0.1) is 4.90 Å². The quantitative estimate of drug-likeness (QED) is 0.211. The van der Waals surface area contributed by atoms with E-state index in [0.29, 0.717) is 0 Å². The van der Waals surface area contributed by atoms with Gasteiger partial charge in [-0.25, -0.2) is 8.42 Å². The van der Waals surface area contributed by atoms with Crippen LogP contribution in [0, 0.1) is 0 Å². The maximum Gasteiger partial charge on any atom is 0.287 e. The molecule has 1 atom stereocenters.